The van der Waals surface area contributed by atoms with Crippen LogP contribution in [0.1, 0.15) is 28.9 Å². The van der Waals surface area contributed by atoms with Crippen LogP contribution in [-0.2, 0) is 40.2 Å². The highest BCUT2D eigenvalue weighted by atomic mass is 32.2. The fraction of sp³-hybridized carbons (Fsp3) is 0.321. The number of nitrogens with zero attached hydrogens (tertiary/aromatic N) is 6. The summed E-state index contributed by atoms with van der Waals surface area (Å²) in [6.45, 7) is -0.333. The number of benzene rings is 1. The molecule has 2 atom stereocenters. The van der Waals surface area contributed by atoms with E-state index in [0.29, 0.717) is 28.6 Å². The smallest absolute Gasteiger partial charge is 0.360 e. The number of alkyl halides is 3. The van der Waals surface area contributed by atoms with E-state index in [2.05, 4.69) is 15.2 Å². The Morgan fingerprint density at radius 1 is 1.09 bits per heavy atom. The van der Waals surface area contributed by atoms with E-state index < -0.39 is 44.5 Å². The number of ether oxygens (including phenoxy) is 1. The van der Waals surface area contributed by atoms with Crippen LogP contribution in [0.2, 0.25) is 0 Å². The van der Waals surface area contributed by atoms with E-state index in [4.69, 9.17) is 4.74 Å². The lowest BCUT2D eigenvalue weighted by atomic mass is 9.62. The molecule has 226 valence electrons. The summed E-state index contributed by atoms with van der Waals surface area (Å²) >= 11 is 0. The van der Waals surface area contributed by atoms with Crippen LogP contribution in [0.5, 0.6) is 0 Å². The molecule has 4 heterocycles. The molecule has 3 aromatic heterocycles. The molecule has 1 fully saturated rings. The standard InChI is InChI=1S/C28H26F4N6O4S/c1-36-16-23(15-34-36)43(40,41)37-10-8-19-11-24-18(14-35-38(24)22-5-3-21(29)4-6-22)13-26(19,17-37)27(39,42-2)25-12-20(7-9-33-25)28(30,31)32/h3-7,9,11-12,14-16,39H,8,10,13,17H2,1-2H3/t26?,27-/m1/s1. The summed E-state index contributed by atoms with van der Waals surface area (Å²) in [4.78, 5) is 4.01. The molecule has 1 aliphatic carbocycles. The lowest BCUT2D eigenvalue weighted by Crippen LogP contribution is -2.60. The molecule has 1 N–H and O–H groups in total. The maximum atomic E-state index is 13.7. The molecule has 0 saturated carbocycles. The first-order valence-corrected chi connectivity index (χ1v) is 14.6. The van der Waals surface area contributed by atoms with Crippen molar-refractivity contribution in [3.63, 3.8) is 0 Å². The maximum absolute atomic E-state index is 13.7. The van der Waals surface area contributed by atoms with Gasteiger partial charge in [-0.3, -0.25) is 9.67 Å². The average Bonchev–Trinajstić information content (AvgIpc) is 3.61. The number of rotatable bonds is 6. The fourth-order valence-electron chi connectivity index (χ4n) is 5.97. The molecule has 43 heavy (non-hydrogen) atoms. The number of aliphatic hydroxyl groups is 1. The Morgan fingerprint density at radius 3 is 2.49 bits per heavy atom. The van der Waals surface area contributed by atoms with Gasteiger partial charge in [0.1, 0.15) is 16.4 Å². The molecule has 1 aromatic carbocycles. The molecular formula is C28H26F4N6O4S. The summed E-state index contributed by atoms with van der Waals surface area (Å²) in [5, 5.41) is 20.7. The van der Waals surface area contributed by atoms with Gasteiger partial charge in [0.2, 0.25) is 15.8 Å². The predicted molar refractivity (Wildman–Crippen MR) is 144 cm³/mol. The number of fused-ring (bicyclic) bond motifs is 2. The summed E-state index contributed by atoms with van der Waals surface area (Å²) < 4.78 is 92.0. The molecule has 0 amide bonds. The highest BCUT2D eigenvalue weighted by Gasteiger charge is 2.60. The number of halogens is 4. The highest BCUT2D eigenvalue weighted by molar-refractivity contribution is 7.89. The predicted octanol–water partition coefficient (Wildman–Crippen LogP) is 3.67. The number of hydrogen-bond donors (Lipinski definition) is 1. The van der Waals surface area contributed by atoms with E-state index in [1.165, 1.54) is 39.7 Å². The molecule has 1 aliphatic heterocycles. The Morgan fingerprint density at radius 2 is 1.84 bits per heavy atom. The summed E-state index contributed by atoms with van der Waals surface area (Å²) in [6.07, 6.45) is 2.05. The summed E-state index contributed by atoms with van der Waals surface area (Å²) in [6, 6.07) is 7.15. The van der Waals surface area contributed by atoms with Gasteiger partial charge in [0.15, 0.2) is 0 Å². The molecule has 4 aromatic rings. The molecular weight excluding hydrogens is 592 g/mol. The first kappa shape index (κ1) is 29.2. The van der Waals surface area contributed by atoms with Gasteiger partial charge in [0.25, 0.3) is 0 Å². The molecule has 2 aliphatic rings. The van der Waals surface area contributed by atoms with Crippen molar-refractivity contribution >= 4 is 16.1 Å². The third-order valence-corrected chi connectivity index (χ3v) is 9.95. The Balaban J connectivity index is 1.53. The van der Waals surface area contributed by atoms with Crippen LogP contribution in [0, 0.1) is 11.2 Å². The van der Waals surface area contributed by atoms with Gasteiger partial charge in [-0.25, -0.2) is 17.5 Å². The maximum Gasteiger partial charge on any atom is 0.416 e. The Kier molecular flexibility index (Phi) is 6.84. The van der Waals surface area contributed by atoms with Crippen LogP contribution in [0.15, 0.2) is 71.7 Å². The minimum absolute atomic E-state index is 0.0145. The van der Waals surface area contributed by atoms with Crippen molar-refractivity contribution in [3.05, 3.63) is 95.1 Å². The number of aromatic nitrogens is 5. The summed E-state index contributed by atoms with van der Waals surface area (Å²) in [5.74, 6) is -2.93. The van der Waals surface area contributed by atoms with Gasteiger partial charge >= 0.3 is 6.18 Å². The van der Waals surface area contributed by atoms with Crippen molar-refractivity contribution in [2.45, 2.75) is 29.7 Å². The Bertz CT molecular complexity index is 1840. The lowest BCUT2D eigenvalue weighted by molar-refractivity contribution is -0.268. The molecule has 10 nitrogen and oxygen atoms in total. The van der Waals surface area contributed by atoms with Gasteiger partial charge < -0.3 is 9.84 Å². The van der Waals surface area contributed by atoms with E-state index in [1.54, 1.807) is 29.9 Å². The number of aryl methyl sites for hydroxylation is 1. The third kappa shape index (κ3) is 4.67. The SMILES string of the molecule is CO[C@](O)(c1cc(C(F)(F)F)ccn1)C12Cc3cnn(-c4ccc(F)cc4)c3C=C1CCN(S(=O)(=O)c1cnn(C)c1)C2. The summed E-state index contributed by atoms with van der Waals surface area (Å²) in [7, 11) is -1.42. The van der Waals surface area contributed by atoms with Crippen LogP contribution < -0.4 is 0 Å². The van der Waals surface area contributed by atoms with Gasteiger partial charge in [-0.15, -0.1) is 0 Å². The second-order valence-corrected chi connectivity index (χ2v) is 12.5. The van der Waals surface area contributed by atoms with E-state index in [-0.39, 0.29) is 30.8 Å². The summed E-state index contributed by atoms with van der Waals surface area (Å²) in [5.41, 5.74) is -0.824. The number of hydrogen-bond acceptors (Lipinski definition) is 7. The largest absolute Gasteiger partial charge is 0.416 e. The van der Waals surface area contributed by atoms with Crippen LogP contribution in [0.4, 0.5) is 17.6 Å². The highest BCUT2D eigenvalue weighted by Crippen LogP contribution is 2.55. The molecule has 0 radical (unpaired) electrons. The zero-order chi connectivity index (χ0) is 30.8. The Hall–Kier alpha value is -3.92. The van der Waals surface area contributed by atoms with Crippen molar-refractivity contribution < 1.29 is 35.8 Å². The van der Waals surface area contributed by atoms with E-state index in [9.17, 15) is 31.1 Å². The zero-order valence-electron chi connectivity index (χ0n) is 23.0. The monoisotopic (exact) mass is 618 g/mol. The van der Waals surface area contributed by atoms with Crippen LogP contribution in [0.3, 0.4) is 0 Å². The minimum Gasteiger partial charge on any atom is -0.360 e. The Labute approximate surface area is 243 Å². The van der Waals surface area contributed by atoms with Crippen molar-refractivity contribution in [2.24, 2.45) is 12.5 Å². The van der Waals surface area contributed by atoms with Crippen LogP contribution >= 0.6 is 0 Å². The number of pyridine rings is 1. The van der Waals surface area contributed by atoms with Crippen molar-refractivity contribution in [1.82, 2.24) is 28.9 Å². The number of methoxy groups -OCH3 is 1. The van der Waals surface area contributed by atoms with E-state index >= 15 is 0 Å². The van der Waals surface area contributed by atoms with Crippen LogP contribution in [0.25, 0.3) is 11.8 Å². The normalized spacial score (nSPS) is 20.7. The van der Waals surface area contributed by atoms with Crippen molar-refractivity contribution in [3.8, 4) is 5.69 Å². The second-order valence-electron chi connectivity index (χ2n) is 10.6. The first-order chi connectivity index (χ1) is 20.3. The van der Waals surface area contributed by atoms with E-state index in [0.717, 1.165) is 19.4 Å². The lowest BCUT2D eigenvalue weighted by Gasteiger charge is -2.53. The van der Waals surface area contributed by atoms with Gasteiger partial charge in [-0.05, 0) is 60.9 Å². The fourth-order valence-corrected chi connectivity index (χ4v) is 7.46. The van der Waals surface area contributed by atoms with Gasteiger partial charge in [0.05, 0.1) is 34.8 Å². The second kappa shape index (κ2) is 10.1. The van der Waals surface area contributed by atoms with Gasteiger partial charge in [-0.1, -0.05) is 5.57 Å². The molecule has 1 saturated heterocycles. The topological polar surface area (TPSA) is 115 Å². The van der Waals surface area contributed by atoms with Gasteiger partial charge in [0, 0.05) is 39.6 Å². The van der Waals surface area contributed by atoms with Gasteiger partial charge in [-0.2, -0.15) is 27.7 Å². The number of sulfonamides is 1. The molecule has 6 rings (SSSR count). The minimum atomic E-state index is -4.74. The number of piperidine rings is 1. The third-order valence-electron chi connectivity index (χ3n) is 8.15. The zero-order valence-corrected chi connectivity index (χ0v) is 23.8. The van der Waals surface area contributed by atoms with Crippen molar-refractivity contribution in [1.29, 1.82) is 0 Å². The molecule has 1 unspecified atom stereocenters. The molecule has 0 bridgehead atoms. The first-order valence-electron chi connectivity index (χ1n) is 13.1. The van der Waals surface area contributed by atoms with Crippen LogP contribution in [-0.4, -0.2) is 62.6 Å². The quantitative estimate of drug-likeness (QED) is 0.259. The average molecular weight is 619 g/mol. The van der Waals surface area contributed by atoms with E-state index in [1.807, 2.05) is 0 Å². The molecule has 0 spiro atoms. The van der Waals surface area contributed by atoms with Crippen molar-refractivity contribution in [2.75, 3.05) is 20.2 Å². The molecule has 15 heteroatoms.